The number of unbranched alkanes of at least 4 members (excludes halogenated alkanes) is 2. The zero-order valence-corrected chi connectivity index (χ0v) is 10.4. The van der Waals surface area contributed by atoms with E-state index in [1.165, 1.54) is 12.8 Å². The van der Waals surface area contributed by atoms with Gasteiger partial charge in [0, 0.05) is 6.42 Å². The molecule has 0 aromatic heterocycles. The van der Waals surface area contributed by atoms with Crippen LogP contribution in [0.15, 0.2) is 36.4 Å². The van der Waals surface area contributed by atoms with E-state index in [0.717, 1.165) is 19.4 Å². The van der Waals surface area contributed by atoms with Gasteiger partial charge in [0.1, 0.15) is 5.78 Å². The Morgan fingerprint density at radius 2 is 1.44 bits per heavy atom. The van der Waals surface area contributed by atoms with E-state index in [-0.39, 0.29) is 0 Å². The molecule has 0 spiro atoms. The lowest BCUT2D eigenvalue weighted by Gasteiger charge is -1.97. The molecule has 0 saturated carbocycles. The molecule has 0 amide bonds. The van der Waals surface area contributed by atoms with Crippen molar-refractivity contribution in [3.63, 3.8) is 0 Å². The average Bonchev–Trinajstić information content (AvgIpc) is 2.31. The molecule has 0 unspecified atom stereocenters. The van der Waals surface area contributed by atoms with E-state index < -0.39 is 0 Å². The number of rotatable bonds is 6. The van der Waals surface area contributed by atoms with Gasteiger partial charge < -0.3 is 10.1 Å². The topological polar surface area (TPSA) is 29.1 Å². The zero-order valence-electron chi connectivity index (χ0n) is 10.4. The largest absolute Gasteiger partial charge is 0.320 e. The van der Waals surface area contributed by atoms with Crippen LogP contribution in [0.25, 0.3) is 0 Å². The van der Waals surface area contributed by atoms with Crippen molar-refractivity contribution in [3.8, 4) is 0 Å². The van der Waals surface area contributed by atoms with Gasteiger partial charge in [0.2, 0.25) is 0 Å². The monoisotopic (exact) mass is 221 g/mol. The maximum absolute atomic E-state index is 10.5. The predicted octanol–water partition coefficient (Wildman–Crippen LogP) is 3.04. The Balaban J connectivity index is 0.000000315. The number of benzene rings is 1. The van der Waals surface area contributed by atoms with E-state index in [2.05, 4.69) is 5.32 Å². The fourth-order valence-electron chi connectivity index (χ4n) is 1.24. The lowest BCUT2D eigenvalue weighted by Crippen LogP contribution is -2.07. The van der Waals surface area contributed by atoms with Crippen molar-refractivity contribution in [2.45, 2.75) is 32.6 Å². The number of nitrogens with one attached hydrogen (secondary N) is 1. The summed E-state index contributed by atoms with van der Waals surface area (Å²) in [5.41, 5.74) is 0. The van der Waals surface area contributed by atoms with Crippen molar-refractivity contribution in [1.29, 1.82) is 0 Å². The molecule has 90 valence electrons. The lowest BCUT2D eigenvalue weighted by atomic mass is 10.1. The second kappa shape index (κ2) is 11.9. The van der Waals surface area contributed by atoms with E-state index in [0.29, 0.717) is 5.78 Å². The highest BCUT2D eigenvalue weighted by Gasteiger charge is 1.92. The molecule has 1 aromatic carbocycles. The van der Waals surface area contributed by atoms with Gasteiger partial charge in [-0.3, -0.25) is 0 Å². The zero-order chi connectivity index (χ0) is 12.1. The van der Waals surface area contributed by atoms with Crippen molar-refractivity contribution in [1.82, 2.24) is 5.32 Å². The van der Waals surface area contributed by atoms with Gasteiger partial charge in [-0.1, -0.05) is 42.8 Å². The Labute approximate surface area is 99.1 Å². The van der Waals surface area contributed by atoms with E-state index in [1.54, 1.807) is 6.92 Å². The van der Waals surface area contributed by atoms with E-state index in [9.17, 15) is 4.79 Å². The van der Waals surface area contributed by atoms with Crippen LogP contribution in [0.2, 0.25) is 0 Å². The number of Topliss-reactive ketones (excluding diaryl/α,β-unsaturated/α-hetero) is 1. The van der Waals surface area contributed by atoms with Crippen LogP contribution < -0.4 is 5.32 Å². The normalized spacial score (nSPS) is 9.12. The summed E-state index contributed by atoms with van der Waals surface area (Å²) < 4.78 is 0. The van der Waals surface area contributed by atoms with Crippen LogP contribution in [-0.2, 0) is 4.79 Å². The third-order valence-corrected chi connectivity index (χ3v) is 2.12. The number of ketones is 1. The molecule has 0 bridgehead atoms. The molecule has 0 fully saturated rings. The minimum atomic E-state index is 0.310. The SMILES string of the molecule is CNCCCCCC(C)=O.c1ccccc1. The third kappa shape index (κ3) is 12.8. The first-order valence-corrected chi connectivity index (χ1v) is 5.91. The maximum Gasteiger partial charge on any atom is 0.129 e. The van der Waals surface area contributed by atoms with Crippen LogP contribution in [0.5, 0.6) is 0 Å². The standard InChI is InChI=1S/C8H17NO.C6H6/c1-8(10)6-4-3-5-7-9-2;1-2-4-6-5-3-1/h9H,3-7H2,1-2H3;1-6H. The highest BCUT2D eigenvalue weighted by Crippen LogP contribution is 1.98. The lowest BCUT2D eigenvalue weighted by molar-refractivity contribution is -0.117. The van der Waals surface area contributed by atoms with Crippen LogP contribution in [-0.4, -0.2) is 19.4 Å². The smallest absolute Gasteiger partial charge is 0.129 e. The van der Waals surface area contributed by atoms with E-state index in [1.807, 2.05) is 43.4 Å². The minimum Gasteiger partial charge on any atom is -0.320 e. The molecule has 0 radical (unpaired) electrons. The fourth-order valence-corrected chi connectivity index (χ4v) is 1.24. The van der Waals surface area contributed by atoms with Gasteiger partial charge in [-0.15, -0.1) is 0 Å². The molecule has 0 aliphatic rings. The Bertz CT molecular complexity index is 219. The van der Waals surface area contributed by atoms with Crippen LogP contribution in [0.3, 0.4) is 0 Å². The van der Waals surface area contributed by atoms with Gasteiger partial charge in [0.05, 0.1) is 0 Å². The first kappa shape index (κ1) is 14.8. The van der Waals surface area contributed by atoms with Crippen molar-refractivity contribution >= 4 is 5.78 Å². The van der Waals surface area contributed by atoms with Gasteiger partial charge in [-0.25, -0.2) is 0 Å². The molecule has 0 saturated heterocycles. The molecule has 1 aromatic rings. The number of hydrogen-bond donors (Lipinski definition) is 1. The molecule has 2 nitrogen and oxygen atoms in total. The number of hydrogen-bond acceptors (Lipinski definition) is 2. The van der Waals surface area contributed by atoms with Crippen LogP contribution in [0, 0.1) is 0 Å². The van der Waals surface area contributed by atoms with E-state index >= 15 is 0 Å². The van der Waals surface area contributed by atoms with E-state index in [4.69, 9.17) is 0 Å². The summed E-state index contributed by atoms with van der Waals surface area (Å²) in [6, 6.07) is 12.0. The average molecular weight is 221 g/mol. The second-order valence-electron chi connectivity index (χ2n) is 3.77. The summed E-state index contributed by atoms with van der Waals surface area (Å²) in [5.74, 6) is 0.310. The Morgan fingerprint density at radius 3 is 1.81 bits per heavy atom. The minimum absolute atomic E-state index is 0.310. The molecule has 0 atom stereocenters. The molecule has 0 aliphatic heterocycles. The Hall–Kier alpha value is -1.15. The van der Waals surface area contributed by atoms with Gasteiger partial charge in [-0.05, 0) is 33.4 Å². The second-order valence-corrected chi connectivity index (χ2v) is 3.77. The third-order valence-electron chi connectivity index (χ3n) is 2.12. The maximum atomic E-state index is 10.5. The Kier molecular flexibility index (Phi) is 11.1. The van der Waals surface area contributed by atoms with Crippen LogP contribution >= 0.6 is 0 Å². The molecular formula is C14H23NO. The molecular weight excluding hydrogens is 198 g/mol. The summed E-state index contributed by atoms with van der Waals surface area (Å²) in [7, 11) is 1.95. The summed E-state index contributed by atoms with van der Waals surface area (Å²) >= 11 is 0. The summed E-state index contributed by atoms with van der Waals surface area (Å²) in [5, 5.41) is 3.07. The molecule has 0 aliphatic carbocycles. The van der Waals surface area contributed by atoms with Crippen molar-refractivity contribution < 1.29 is 4.79 Å². The van der Waals surface area contributed by atoms with Crippen molar-refractivity contribution in [3.05, 3.63) is 36.4 Å². The molecule has 2 heteroatoms. The Morgan fingerprint density at radius 1 is 0.938 bits per heavy atom. The summed E-state index contributed by atoms with van der Waals surface area (Å²) in [6.07, 6.45) is 4.16. The van der Waals surface area contributed by atoms with Crippen LogP contribution in [0.4, 0.5) is 0 Å². The highest BCUT2D eigenvalue weighted by molar-refractivity contribution is 5.75. The van der Waals surface area contributed by atoms with Gasteiger partial charge >= 0.3 is 0 Å². The number of carbonyl (C=O) groups excluding carboxylic acids is 1. The molecule has 16 heavy (non-hydrogen) atoms. The molecule has 0 heterocycles. The fraction of sp³-hybridized carbons (Fsp3) is 0.500. The summed E-state index contributed by atoms with van der Waals surface area (Å²) in [4.78, 5) is 10.5. The first-order chi connectivity index (χ1) is 7.77. The van der Waals surface area contributed by atoms with Gasteiger partial charge in [-0.2, -0.15) is 0 Å². The van der Waals surface area contributed by atoms with Gasteiger partial charge in [0.25, 0.3) is 0 Å². The molecule has 1 rings (SSSR count). The van der Waals surface area contributed by atoms with Crippen molar-refractivity contribution in [2.24, 2.45) is 0 Å². The molecule has 1 N–H and O–H groups in total. The van der Waals surface area contributed by atoms with Crippen molar-refractivity contribution in [2.75, 3.05) is 13.6 Å². The van der Waals surface area contributed by atoms with Crippen LogP contribution in [0.1, 0.15) is 32.6 Å². The summed E-state index contributed by atoms with van der Waals surface area (Å²) in [6.45, 7) is 2.72. The highest BCUT2D eigenvalue weighted by atomic mass is 16.1. The van der Waals surface area contributed by atoms with Gasteiger partial charge in [0.15, 0.2) is 0 Å². The number of carbonyl (C=O) groups is 1. The first-order valence-electron chi connectivity index (χ1n) is 5.91. The predicted molar refractivity (Wildman–Crippen MR) is 69.5 cm³/mol. The quantitative estimate of drug-likeness (QED) is 0.748.